The van der Waals surface area contributed by atoms with Gasteiger partial charge in [0.25, 0.3) is 6.43 Å². The number of rotatable bonds is 6. The first-order chi connectivity index (χ1) is 11.5. The van der Waals surface area contributed by atoms with Gasteiger partial charge in [-0.3, -0.25) is 0 Å². The summed E-state index contributed by atoms with van der Waals surface area (Å²) in [5, 5.41) is 15.0. The van der Waals surface area contributed by atoms with Crippen molar-refractivity contribution in [2.24, 2.45) is 5.92 Å². The molecule has 0 aromatic heterocycles. The fourth-order valence-electron chi connectivity index (χ4n) is 2.94. The molecule has 1 aromatic carbocycles. The second-order valence-corrected chi connectivity index (χ2v) is 6.11. The molecule has 2 unspecified atom stereocenters. The van der Waals surface area contributed by atoms with Crippen LogP contribution in [0.3, 0.4) is 0 Å². The first kappa shape index (κ1) is 18.4. The van der Waals surface area contributed by atoms with Gasteiger partial charge in [0, 0.05) is 30.3 Å². The maximum atomic E-state index is 12.3. The molecule has 1 saturated carbocycles. The zero-order valence-electron chi connectivity index (χ0n) is 13.7. The number of amides is 2. The molecule has 2 rings (SSSR count). The molecule has 0 spiro atoms. The quantitative estimate of drug-likeness (QED) is 0.743. The number of carbonyl (C=O) groups is 1. The summed E-state index contributed by atoms with van der Waals surface area (Å²) in [6, 6.07) is 4.50. The summed E-state index contributed by atoms with van der Waals surface area (Å²) in [6.45, 7) is 1.12. The summed E-state index contributed by atoms with van der Waals surface area (Å²) in [6.07, 6.45) is 1.28. The van der Waals surface area contributed by atoms with Crippen molar-refractivity contribution < 1.29 is 23.4 Å². The van der Waals surface area contributed by atoms with Crippen molar-refractivity contribution in [3.05, 3.63) is 23.8 Å². The molecule has 0 bridgehead atoms. The van der Waals surface area contributed by atoms with Gasteiger partial charge in [0.1, 0.15) is 12.4 Å². The van der Waals surface area contributed by atoms with E-state index in [0.29, 0.717) is 17.0 Å². The number of urea groups is 1. The van der Waals surface area contributed by atoms with E-state index in [2.05, 4.69) is 10.6 Å². The molecule has 2 amide bonds. The molecule has 1 fully saturated rings. The zero-order valence-corrected chi connectivity index (χ0v) is 13.7. The summed E-state index contributed by atoms with van der Waals surface area (Å²) < 4.78 is 29.6. The molecule has 2 atom stereocenters. The summed E-state index contributed by atoms with van der Waals surface area (Å²) in [5.41, 5.74) is 1.19. The third kappa shape index (κ3) is 5.33. The van der Waals surface area contributed by atoms with Crippen molar-refractivity contribution in [2.45, 2.75) is 45.1 Å². The van der Waals surface area contributed by atoms with Crippen LogP contribution in [0.4, 0.5) is 19.3 Å². The van der Waals surface area contributed by atoms with E-state index < -0.39 is 13.0 Å². The van der Waals surface area contributed by atoms with Crippen LogP contribution in [-0.2, 0) is 0 Å². The van der Waals surface area contributed by atoms with Gasteiger partial charge in [-0.25, -0.2) is 13.6 Å². The molecular weight excluding hydrogens is 318 g/mol. The number of ether oxygens (including phenoxy) is 1. The Morgan fingerprint density at radius 1 is 1.38 bits per heavy atom. The summed E-state index contributed by atoms with van der Waals surface area (Å²) in [7, 11) is 0. The Morgan fingerprint density at radius 2 is 2.12 bits per heavy atom. The predicted octanol–water partition coefficient (Wildman–Crippen LogP) is 3.31. The second kappa shape index (κ2) is 8.82. The van der Waals surface area contributed by atoms with Crippen molar-refractivity contribution in [1.29, 1.82) is 0 Å². The molecule has 3 N–H and O–H groups in total. The maximum absolute atomic E-state index is 12.3. The second-order valence-electron chi connectivity index (χ2n) is 6.11. The van der Waals surface area contributed by atoms with Crippen LogP contribution in [-0.4, -0.2) is 36.8 Å². The highest BCUT2D eigenvalue weighted by atomic mass is 19.3. The highest BCUT2D eigenvalue weighted by Crippen LogP contribution is 2.25. The van der Waals surface area contributed by atoms with Crippen LogP contribution in [0, 0.1) is 12.8 Å². The van der Waals surface area contributed by atoms with Gasteiger partial charge in [-0.15, -0.1) is 0 Å². The van der Waals surface area contributed by atoms with E-state index >= 15 is 0 Å². The molecular formula is C17H24F2N2O3. The fourth-order valence-corrected chi connectivity index (χ4v) is 2.94. The number of aliphatic hydroxyl groups excluding tert-OH is 1. The molecule has 0 aliphatic heterocycles. The van der Waals surface area contributed by atoms with Gasteiger partial charge in [-0.1, -0.05) is 18.9 Å². The van der Waals surface area contributed by atoms with Gasteiger partial charge in [0.05, 0.1) is 0 Å². The molecule has 0 saturated heterocycles. The van der Waals surface area contributed by atoms with Crippen LogP contribution in [0.5, 0.6) is 5.75 Å². The molecule has 7 heteroatoms. The van der Waals surface area contributed by atoms with Gasteiger partial charge < -0.3 is 20.5 Å². The Morgan fingerprint density at radius 3 is 2.83 bits per heavy atom. The number of aryl methyl sites for hydroxylation is 1. The molecule has 1 aliphatic carbocycles. The number of carbonyl (C=O) groups excluding carboxylic acids is 1. The van der Waals surface area contributed by atoms with Gasteiger partial charge in [0.2, 0.25) is 0 Å². The maximum Gasteiger partial charge on any atom is 0.319 e. The smallest absolute Gasteiger partial charge is 0.319 e. The van der Waals surface area contributed by atoms with E-state index in [1.807, 2.05) is 0 Å². The van der Waals surface area contributed by atoms with E-state index in [4.69, 9.17) is 4.74 Å². The first-order valence-electron chi connectivity index (χ1n) is 8.19. The Hall–Kier alpha value is -1.89. The first-order valence-corrected chi connectivity index (χ1v) is 8.19. The summed E-state index contributed by atoms with van der Waals surface area (Å²) >= 11 is 0. The van der Waals surface area contributed by atoms with Crippen LogP contribution in [0.25, 0.3) is 0 Å². The Kier molecular flexibility index (Phi) is 6.78. The molecule has 1 aliphatic rings. The highest BCUT2D eigenvalue weighted by molar-refractivity contribution is 5.89. The summed E-state index contributed by atoms with van der Waals surface area (Å²) in [5.74, 6) is 0.395. The lowest BCUT2D eigenvalue weighted by Crippen LogP contribution is -2.45. The van der Waals surface area contributed by atoms with Crippen LogP contribution < -0.4 is 15.4 Å². The van der Waals surface area contributed by atoms with E-state index in [9.17, 15) is 18.7 Å². The Bertz CT molecular complexity index is 555. The van der Waals surface area contributed by atoms with Crippen molar-refractivity contribution in [2.75, 3.05) is 18.5 Å². The van der Waals surface area contributed by atoms with Crippen molar-refractivity contribution in [3.63, 3.8) is 0 Å². The van der Waals surface area contributed by atoms with Crippen LogP contribution >= 0.6 is 0 Å². The predicted molar refractivity (Wildman–Crippen MR) is 87.7 cm³/mol. The number of alkyl halides is 2. The molecule has 134 valence electrons. The normalized spacial score (nSPS) is 20.7. The number of halogens is 2. The monoisotopic (exact) mass is 342 g/mol. The third-order valence-corrected chi connectivity index (χ3v) is 4.27. The van der Waals surface area contributed by atoms with Gasteiger partial charge in [0.15, 0.2) is 0 Å². The van der Waals surface area contributed by atoms with Crippen LogP contribution in [0.1, 0.15) is 31.2 Å². The topological polar surface area (TPSA) is 70.6 Å². The Labute approximate surface area is 140 Å². The van der Waals surface area contributed by atoms with Crippen molar-refractivity contribution >= 4 is 11.7 Å². The van der Waals surface area contributed by atoms with Gasteiger partial charge in [-0.2, -0.15) is 0 Å². The molecule has 0 radical (unpaired) electrons. The van der Waals surface area contributed by atoms with E-state index in [-0.39, 0.29) is 24.6 Å². The standard InChI is InChI=1S/C17H24F2N2O3/c1-11-6-7-13(8-15(11)24-10-16(18)19)20-17(23)21-14-5-3-2-4-12(14)9-22/h6-8,12,14,16,22H,2-5,9-10H2,1H3,(H2,20,21,23). The number of hydrogen-bond acceptors (Lipinski definition) is 3. The minimum absolute atomic E-state index is 0.0521. The minimum atomic E-state index is -2.55. The number of nitrogens with one attached hydrogen (secondary N) is 2. The van der Waals surface area contributed by atoms with Crippen molar-refractivity contribution in [3.8, 4) is 5.75 Å². The number of aliphatic hydroxyl groups is 1. The Balaban J connectivity index is 1.94. The number of benzene rings is 1. The largest absolute Gasteiger partial charge is 0.487 e. The molecule has 0 heterocycles. The average Bonchev–Trinajstić information content (AvgIpc) is 2.55. The average molecular weight is 342 g/mol. The number of anilines is 1. The lowest BCUT2D eigenvalue weighted by Gasteiger charge is -2.30. The van der Waals surface area contributed by atoms with E-state index in [1.54, 1.807) is 19.1 Å². The third-order valence-electron chi connectivity index (χ3n) is 4.27. The van der Waals surface area contributed by atoms with Gasteiger partial charge in [-0.05, 0) is 31.4 Å². The van der Waals surface area contributed by atoms with E-state index in [0.717, 1.165) is 25.7 Å². The van der Waals surface area contributed by atoms with Crippen LogP contribution in [0.2, 0.25) is 0 Å². The van der Waals surface area contributed by atoms with Crippen molar-refractivity contribution in [1.82, 2.24) is 5.32 Å². The van der Waals surface area contributed by atoms with E-state index in [1.165, 1.54) is 6.07 Å². The SMILES string of the molecule is Cc1ccc(NC(=O)NC2CCCCC2CO)cc1OCC(F)F. The zero-order chi connectivity index (χ0) is 17.5. The van der Waals surface area contributed by atoms with Gasteiger partial charge >= 0.3 is 6.03 Å². The molecule has 5 nitrogen and oxygen atoms in total. The number of hydrogen-bond donors (Lipinski definition) is 3. The highest BCUT2D eigenvalue weighted by Gasteiger charge is 2.25. The fraction of sp³-hybridized carbons (Fsp3) is 0.588. The summed E-state index contributed by atoms with van der Waals surface area (Å²) in [4.78, 5) is 12.1. The lowest BCUT2D eigenvalue weighted by molar-refractivity contribution is 0.0816. The van der Waals surface area contributed by atoms with Crippen LogP contribution in [0.15, 0.2) is 18.2 Å². The molecule has 1 aromatic rings. The minimum Gasteiger partial charge on any atom is -0.487 e. The lowest BCUT2D eigenvalue weighted by atomic mass is 9.85. The molecule has 24 heavy (non-hydrogen) atoms.